The molecule has 0 atom stereocenters. The van der Waals surface area contributed by atoms with Crippen LogP contribution in [0.5, 0.6) is 0 Å². The second-order valence-corrected chi connectivity index (χ2v) is 3.59. The predicted octanol–water partition coefficient (Wildman–Crippen LogP) is 1.16. The Kier molecular flexibility index (Phi) is 1.94. The number of carbonyl (C=O) groups is 1. The van der Waals surface area contributed by atoms with Crippen molar-refractivity contribution < 1.29 is 4.79 Å². The van der Waals surface area contributed by atoms with Crippen LogP contribution in [0.15, 0.2) is 43.3 Å². The van der Waals surface area contributed by atoms with Gasteiger partial charge in [-0.2, -0.15) is 5.10 Å². The maximum Gasteiger partial charge on any atom is 0.259 e. The summed E-state index contributed by atoms with van der Waals surface area (Å²) in [6.07, 6.45) is 6.59. The quantitative estimate of drug-likeness (QED) is 0.766. The molecule has 17 heavy (non-hydrogen) atoms. The van der Waals surface area contributed by atoms with E-state index in [0.29, 0.717) is 17.1 Å². The molecule has 84 valence electrons. The maximum atomic E-state index is 11.8. The van der Waals surface area contributed by atoms with Crippen LogP contribution in [-0.2, 0) is 0 Å². The van der Waals surface area contributed by atoms with Gasteiger partial charge >= 0.3 is 0 Å². The molecule has 6 nitrogen and oxygen atoms in total. The van der Waals surface area contributed by atoms with Crippen molar-refractivity contribution in [2.75, 3.05) is 4.90 Å². The highest BCUT2D eigenvalue weighted by Gasteiger charge is 2.27. The molecule has 2 aromatic rings. The normalized spacial score (nSPS) is 14.5. The van der Waals surface area contributed by atoms with E-state index in [1.165, 1.54) is 0 Å². The Morgan fingerprint density at radius 2 is 2.24 bits per heavy atom. The van der Waals surface area contributed by atoms with E-state index in [-0.39, 0.29) is 5.91 Å². The van der Waals surface area contributed by atoms with Crippen molar-refractivity contribution in [3.8, 4) is 0 Å². The molecule has 0 radical (unpaired) electrons. The van der Waals surface area contributed by atoms with Crippen LogP contribution < -0.4 is 10.2 Å². The number of hydrogen-bond acceptors (Lipinski definition) is 4. The van der Waals surface area contributed by atoms with Crippen molar-refractivity contribution in [1.82, 2.24) is 20.5 Å². The zero-order valence-electron chi connectivity index (χ0n) is 8.84. The molecule has 0 bridgehead atoms. The highest BCUT2D eigenvalue weighted by molar-refractivity contribution is 6.04. The second kappa shape index (κ2) is 3.44. The van der Waals surface area contributed by atoms with Gasteiger partial charge in [-0.15, -0.1) is 0 Å². The van der Waals surface area contributed by atoms with Gasteiger partial charge in [-0.05, 0) is 6.07 Å². The molecular weight excluding hydrogens is 218 g/mol. The summed E-state index contributed by atoms with van der Waals surface area (Å²) in [5.41, 5.74) is 2.06. The fraction of sp³-hybridized carbons (Fsp3) is 0. The minimum Gasteiger partial charge on any atom is -0.308 e. The number of nitrogens with zero attached hydrogens (tertiary/aromatic N) is 3. The zero-order valence-corrected chi connectivity index (χ0v) is 8.84. The fourth-order valence-electron chi connectivity index (χ4n) is 1.82. The average molecular weight is 227 g/mol. The Balaban J connectivity index is 2.19. The van der Waals surface area contributed by atoms with Crippen LogP contribution in [0.1, 0.15) is 10.4 Å². The van der Waals surface area contributed by atoms with Crippen molar-refractivity contribution in [2.45, 2.75) is 0 Å². The number of anilines is 2. The first-order chi connectivity index (χ1) is 8.27. The Bertz CT molecular complexity index is 590. The number of carbonyl (C=O) groups excluding carboxylic acids is 1. The standard InChI is InChI=1S/C11H9N5O/c1-7-15-11(17)9-2-3-12-6-10(9)16(7)8-4-13-14-5-8/h2-6H,1H2,(H,13,14)(H,15,17). The highest BCUT2D eigenvalue weighted by atomic mass is 16.2. The number of nitrogens with one attached hydrogen (secondary N) is 2. The summed E-state index contributed by atoms with van der Waals surface area (Å²) >= 11 is 0. The van der Waals surface area contributed by atoms with E-state index in [4.69, 9.17) is 0 Å². The molecule has 0 aliphatic carbocycles. The maximum absolute atomic E-state index is 11.8. The fourth-order valence-corrected chi connectivity index (χ4v) is 1.82. The van der Waals surface area contributed by atoms with Crippen LogP contribution >= 0.6 is 0 Å². The van der Waals surface area contributed by atoms with E-state index in [1.807, 2.05) is 0 Å². The van der Waals surface area contributed by atoms with E-state index in [0.717, 1.165) is 5.69 Å². The zero-order chi connectivity index (χ0) is 11.8. The van der Waals surface area contributed by atoms with Gasteiger partial charge in [-0.1, -0.05) is 6.58 Å². The number of H-pyrrole nitrogens is 1. The average Bonchev–Trinajstić information content (AvgIpc) is 2.83. The molecule has 1 amide bonds. The summed E-state index contributed by atoms with van der Waals surface area (Å²) in [5, 5.41) is 9.30. The number of aromatic amines is 1. The number of aromatic nitrogens is 3. The Morgan fingerprint density at radius 1 is 1.35 bits per heavy atom. The Morgan fingerprint density at radius 3 is 3.00 bits per heavy atom. The van der Waals surface area contributed by atoms with Crippen LogP contribution in [0.2, 0.25) is 0 Å². The third kappa shape index (κ3) is 1.38. The van der Waals surface area contributed by atoms with E-state index >= 15 is 0 Å². The van der Waals surface area contributed by atoms with E-state index in [9.17, 15) is 4.79 Å². The SMILES string of the molecule is C=C1NC(=O)c2ccncc2N1c1cn[nH]c1. The monoisotopic (exact) mass is 227 g/mol. The van der Waals surface area contributed by atoms with E-state index < -0.39 is 0 Å². The topological polar surface area (TPSA) is 73.9 Å². The van der Waals surface area contributed by atoms with Gasteiger partial charge in [0.05, 0.1) is 29.3 Å². The number of amides is 1. The lowest BCUT2D eigenvalue weighted by Crippen LogP contribution is -2.38. The molecule has 3 rings (SSSR count). The van der Waals surface area contributed by atoms with Crippen molar-refractivity contribution >= 4 is 17.3 Å². The minimum absolute atomic E-state index is 0.174. The van der Waals surface area contributed by atoms with Gasteiger partial charge in [0.15, 0.2) is 0 Å². The summed E-state index contributed by atoms with van der Waals surface area (Å²) in [7, 11) is 0. The van der Waals surface area contributed by atoms with Crippen LogP contribution in [0, 0.1) is 0 Å². The van der Waals surface area contributed by atoms with Gasteiger partial charge in [0.1, 0.15) is 5.82 Å². The van der Waals surface area contributed by atoms with Crippen molar-refractivity contribution in [3.05, 3.63) is 48.8 Å². The molecule has 0 aromatic carbocycles. The molecule has 6 heteroatoms. The first-order valence-corrected chi connectivity index (χ1v) is 5.00. The summed E-state index contributed by atoms with van der Waals surface area (Å²) in [6.45, 7) is 3.83. The van der Waals surface area contributed by atoms with Gasteiger partial charge in [0, 0.05) is 12.4 Å². The van der Waals surface area contributed by atoms with Crippen LogP contribution in [-0.4, -0.2) is 21.1 Å². The third-order valence-electron chi connectivity index (χ3n) is 2.56. The largest absolute Gasteiger partial charge is 0.308 e. The minimum atomic E-state index is -0.174. The third-order valence-corrected chi connectivity index (χ3v) is 2.56. The number of fused-ring (bicyclic) bond motifs is 1. The van der Waals surface area contributed by atoms with Crippen molar-refractivity contribution in [2.24, 2.45) is 0 Å². The van der Waals surface area contributed by atoms with Gasteiger partial charge < -0.3 is 5.32 Å². The molecule has 0 fully saturated rings. The molecule has 0 unspecified atom stereocenters. The van der Waals surface area contributed by atoms with Gasteiger partial charge in [-0.25, -0.2) is 0 Å². The van der Waals surface area contributed by atoms with Crippen LogP contribution in [0.4, 0.5) is 11.4 Å². The lowest BCUT2D eigenvalue weighted by molar-refractivity contribution is 0.0962. The molecule has 1 aliphatic rings. The van der Waals surface area contributed by atoms with Crippen molar-refractivity contribution in [3.63, 3.8) is 0 Å². The molecule has 0 saturated carbocycles. The predicted molar refractivity (Wildman–Crippen MR) is 61.6 cm³/mol. The molecule has 1 aliphatic heterocycles. The summed E-state index contributed by atoms with van der Waals surface area (Å²) in [6, 6.07) is 1.67. The van der Waals surface area contributed by atoms with Gasteiger partial charge in [0.2, 0.25) is 0 Å². The molecule has 0 saturated heterocycles. The second-order valence-electron chi connectivity index (χ2n) is 3.59. The smallest absolute Gasteiger partial charge is 0.259 e. The van der Waals surface area contributed by atoms with Gasteiger partial charge in [0.25, 0.3) is 5.91 Å². The van der Waals surface area contributed by atoms with Crippen LogP contribution in [0.25, 0.3) is 0 Å². The molecule has 3 heterocycles. The molecule has 0 spiro atoms. The molecule has 2 N–H and O–H groups in total. The number of pyridine rings is 1. The van der Waals surface area contributed by atoms with Crippen LogP contribution in [0.3, 0.4) is 0 Å². The highest BCUT2D eigenvalue weighted by Crippen LogP contribution is 2.32. The first-order valence-electron chi connectivity index (χ1n) is 5.00. The first kappa shape index (κ1) is 9.59. The van der Waals surface area contributed by atoms with Gasteiger partial charge in [-0.3, -0.25) is 19.8 Å². The summed E-state index contributed by atoms with van der Waals surface area (Å²) in [5.74, 6) is 0.309. The van der Waals surface area contributed by atoms with Crippen molar-refractivity contribution in [1.29, 1.82) is 0 Å². The summed E-state index contributed by atoms with van der Waals surface area (Å²) < 4.78 is 0. The number of rotatable bonds is 1. The van der Waals surface area contributed by atoms with E-state index in [2.05, 4.69) is 27.1 Å². The molecule has 2 aromatic heterocycles. The lowest BCUT2D eigenvalue weighted by atomic mass is 10.1. The van der Waals surface area contributed by atoms with E-state index in [1.54, 1.807) is 35.8 Å². The Labute approximate surface area is 97.0 Å². The summed E-state index contributed by atoms with van der Waals surface area (Å²) in [4.78, 5) is 17.6. The lowest BCUT2D eigenvalue weighted by Gasteiger charge is -2.30. The molecular formula is C11H9N5O. The Hall–Kier alpha value is -2.63. The number of hydrogen-bond donors (Lipinski definition) is 2.